The molecule has 0 atom stereocenters. The van der Waals surface area contributed by atoms with Crippen LogP contribution in [0, 0.1) is 0 Å². The van der Waals surface area contributed by atoms with E-state index < -0.39 is 0 Å². The molecule has 1 aromatic heterocycles. The summed E-state index contributed by atoms with van der Waals surface area (Å²) in [7, 11) is 0. The van der Waals surface area contributed by atoms with Crippen LogP contribution in [0.4, 0.5) is 5.69 Å². The first kappa shape index (κ1) is 20.8. The van der Waals surface area contributed by atoms with Crippen LogP contribution in [-0.2, 0) is 11.3 Å². The van der Waals surface area contributed by atoms with Crippen molar-refractivity contribution in [3.8, 4) is 0 Å². The van der Waals surface area contributed by atoms with Crippen molar-refractivity contribution in [2.75, 3.05) is 18.4 Å². The molecule has 0 aliphatic carbocycles. The summed E-state index contributed by atoms with van der Waals surface area (Å²) in [5, 5.41) is 7.62. The summed E-state index contributed by atoms with van der Waals surface area (Å²) in [5.74, 6) is -0.118. The predicted octanol–water partition coefficient (Wildman–Crippen LogP) is 4.91. The van der Waals surface area contributed by atoms with E-state index in [4.69, 9.17) is 11.6 Å². The van der Waals surface area contributed by atoms with E-state index in [0.717, 1.165) is 47.3 Å². The molecule has 0 spiro atoms. The largest absolute Gasteiger partial charge is 0.330 e. The number of benzene rings is 2. The highest BCUT2D eigenvalue weighted by molar-refractivity contribution is 7.21. The van der Waals surface area contributed by atoms with Gasteiger partial charge in [0.25, 0.3) is 5.91 Å². The quantitative estimate of drug-likeness (QED) is 0.591. The summed E-state index contributed by atoms with van der Waals surface area (Å²) in [5.41, 5.74) is 1.77. The first-order valence-electron chi connectivity index (χ1n) is 10.1. The van der Waals surface area contributed by atoms with Crippen LogP contribution in [-0.4, -0.2) is 35.8 Å². The summed E-state index contributed by atoms with van der Waals surface area (Å²) in [6, 6.07) is 15.7. The van der Waals surface area contributed by atoms with Crippen LogP contribution in [0.1, 0.15) is 35.0 Å². The van der Waals surface area contributed by atoms with Gasteiger partial charge in [0.05, 0.1) is 5.02 Å². The Morgan fingerprint density at radius 1 is 1.13 bits per heavy atom. The fourth-order valence-corrected chi connectivity index (χ4v) is 5.33. The number of anilines is 1. The maximum Gasteiger partial charge on any atom is 0.266 e. The number of nitrogens with one attached hydrogen (secondary N) is 2. The van der Waals surface area contributed by atoms with E-state index in [1.165, 1.54) is 18.3 Å². The number of hydrogen-bond donors (Lipinski definition) is 2. The van der Waals surface area contributed by atoms with Crippen molar-refractivity contribution in [3.05, 3.63) is 64.0 Å². The molecule has 0 bridgehead atoms. The maximum atomic E-state index is 13.6. The van der Waals surface area contributed by atoms with E-state index in [-0.39, 0.29) is 17.9 Å². The van der Waals surface area contributed by atoms with Gasteiger partial charge in [-0.2, -0.15) is 0 Å². The number of carbonyl (C=O) groups is 2. The Balaban J connectivity index is 1.63. The summed E-state index contributed by atoms with van der Waals surface area (Å²) >= 11 is 8.08. The molecule has 5 nitrogen and oxygen atoms in total. The Morgan fingerprint density at radius 2 is 1.83 bits per heavy atom. The van der Waals surface area contributed by atoms with Gasteiger partial charge in [0.2, 0.25) is 5.91 Å². The van der Waals surface area contributed by atoms with Crippen LogP contribution in [0.25, 0.3) is 10.1 Å². The summed E-state index contributed by atoms with van der Waals surface area (Å²) < 4.78 is 1.02. The predicted molar refractivity (Wildman–Crippen MR) is 123 cm³/mol. The Labute approximate surface area is 185 Å². The lowest BCUT2D eigenvalue weighted by Crippen LogP contribution is -2.45. The van der Waals surface area contributed by atoms with E-state index in [0.29, 0.717) is 16.4 Å². The average molecular weight is 442 g/mol. The molecule has 4 rings (SSSR count). The minimum Gasteiger partial charge on any atom is -0.330 e. The number of thiophene rings is 1. The smallest absolute Gasteiger partial charge is 0.266 e. The van der Waals surface area contributed by atoms with E-state index in [2.05, 4.69) is 10.6 Å². The lowest BCUT2D eigenvalue weighted by molar-refractivity contribution is -0.114. The standard InChI is InChI=1S/C23H24ClN3O2S/c1-15(28)26-17-8-6-16(7-9-17)14-27(18-10-12-25-13-11-18)23(29)22-21(24)19-4-2-3-5-20(19)30-22/h2-9,18,25H,10-14H2,1H3,(H,26,28). The number of hydrogen-bond acceptors (Lipinski definition) is 4. The first-order chi connectivity index (χ1) is 14.5. The number of amides is 2. The van der Waals surface area contributed by atoms with Crippen molar-refractivity contribution >= 4 is 50.5 Å². The molecule has 30 heavy (non-hydrogen) atoms. The van der Waals surface area contributed by atoms with Crippen LogP contribution in [0.3, 0.4) is 0 Å². The molecule has 0 unspecified atom stereocenters. The van der Waals surface area contributed by atoms with Crippen molar-refractivity contribution in [1.29, 1.82) is 0 Å². The molecule has 3 aromatic rings. The highest BCUT2D eigenvalue weighted by atomic mass is 35.5. The molecule has 0 radical (unpaired) electrons. The van der Waals surface area contributed by atoms with Gasteiger partial charge in [-0.3, -0.25) is 9.59 Å². The number of piperidine rings is 1. The van der Waals surface area contributed by atoms with Gasteiger partial charge < -0.3 is 15.5 Å². The van der Waals surface area contributed by atoms with Crippen LogP contribution in [0.15, 0.2) is 48.5 Å². The van der Waals surface area contributed by atoms with Gasteiger partial charge in [0, 0.05) is 35.3 Å². The highest BCUT2D eigenvalue weighted by Gasteiger charge is 2.29. The SMILES string of the molecule is CC(=O)Nc1ccc(CN(C(=O)c2sc3ccccc3c2Cl)C2CCNCC2)cc1. The molecule has 1 fully saturated rings. The zero-order chi connectivity index (χ0) is 21.1. The van der Waals surface area contributed by atoms with Crippen molar-refractivity contribution in [2.45, 2.75) is 32.4 Å². The molecular formula is C23H24ClN3O2S. The average Bonchev–Trinajstić information content (AvgIpc) is 3.10. The Morgan fingerprint density at radius 3 is 2.50 bits per heavy atom. The lowest BCUT2D eigenvalue weighted by Gasteiger charge is -2.34. The number of carbonyl (C=O) groups excluding carboxylic acids is 2. The normalized spacial score (nSPS) is 14.6. The lowest BCUT2D eigenvalue weighted by atomic mass is 10.0. The Kier molecular flexibility index (Phi) is 6.37. The van der Waals surface area contributed by atoms with E-state index in [1.54, 1.807) is 0 Å². The second-order valence-corrected chi connectivity index (χ2v) is 8.96. The van der Waals surface area contributed by atoms with Gasteiger partial charge in [-0.05, 0) is 49.7 Å². The van der Waals surface area contributed by atoms with Gasteiger partial charge in [-0.25, -0.2) is 0 Å². The van der Waals surface area contributed by atoms with Crippen LogP contribution >= 0.6 is 22.9 Å². The molecule has 2 amide bonds. The molecule has 1 aliphatic heterocycles. The molecule has 2 heterocycles. The highest BCUT2D eigenvalue weighted by Crippen LogP contribution is 2.36. The summed E-state index contributed by atoms with van der Waals surface area (Å²) in [6.07, 6.45) is 1.83. The first-order valence-corrected chi connectivity index (χ1v) is 11.3. The van der Waals surface area contributed by atoms with Crippen molar-refractivity contribution < 1.29 is 9.59 Å². The van der Waals surface area contributed by atoms with Gasteiger partial charge in [-0.15, -0.1) is 11.3 Å². The van der Waals surface area contributed by atoms with Gasteiger partial charge in [-0.1, -0.05) is 41.9 Å². The zero-order valence-electron chi connectivity index (χ0n) is 16.8. The molecule has 2 aromatic carbocycles. The monoisotopic (exact) mass is 441 g/mol. The number of halogens is 1. The number of rotatable bonds is 5. The van der Waals surface area contributed by atoms with Crippen molar-refractivity contribution in [3.63, 3.8) is 0 Å². The second kappa shape index (κ2) is 9.16. The Bertz CT molecular complexity index is 1060. The van der Waals surface area contributed by atoms with Crippen molar-refractivity contribution in [2.24, 2.45) is 0 Å². The summed E-state index contributed by atoms with van der Waals surface area (Å²) in [6.45, 7) is 3.79. The maximum absolute atomic E-state index is 13.6. The molecule has 0 saturated carbocycles. The third kappa shape index (κ3) is 4.51. The van der Waals surface area contributed by atoms with Crippen LogP contribution < -0.4 is 10.6 Å². The molecule has 156 valence electrons. The molecule has 2 N–H and O–H groups in total. The number of nitrogens with zero attached hydrogens (tertiary/aromatic N) is 1. The van der Waals surface area contributed by atoms with Gasteiger partial charge in [0.15, 0.2) is 0 Å². The number of fused-ring (bicyclic) bond motifs is 1. The topological polar surface area (TPSA) is 61.4 Å². The third-order valence-electron chi connectivity index (χ3n) is 5.37. The van der Waals surface area contributed by atoms with Crippen LogP contribution in [0.2, 0.25) is 5.02 Å². The van der Waals surface area contributed by atoms with E-state index in [1.807, 2.05) is 53.4 Å². The van der Waals surface area contributed by atoms with E-state index >= 15 is 0 Å². The Hall–Kier alpha value is -2.41. The minimum absolute atomic E-state index is 0.0148. The fourth-order valence-electron chi connectivity index (χ4n) is 3.86. The minimum atomic E-state index is -0.103. The van der Waals surface area contributed by atoms with Gasteiger partial charge >= 0.3 is 0 Å². The molecular weight excluding hydrogens is 418 g/mol. The molecule has 7 heteroatoms. The van der Waals surface area contributed by atoms with Crippen LogP contribution in [0.5, 0.6) is 0 Å². The molecule has 1 saturated heterocycles. The zero-order valence-corrected chi connectivity index (χ0v) is 18.4. The van der Waals surface area contributed by atoms with E-state index in [9.17, 15) is 9.59 Å². The summed E-state index contributed by atoms with van der Waals surface area (Å²) in [4.78, 5) is 27.4. The van der Waals surface area contributed by atoms with Crippen molar-refractivity contribution in [1.82, 2.24) is 10.2 Å². The fraction of sp³-hybridized carbons (Fsp3) is 0.304. The van der Waals surface area contributed by atoms with Gasteiger partial charge in [0.1, 0.15) is 4.88 Å². The third-order valence-corrected chi connectivity index (χ3v) is 7.03. The molecule has 1 aliphatic rings. The second-order valence-electron chi connectivity index (χ2n) is 7.53.